The predicted octanol–water partition coefficient (Wildman–Crippen LogP) is 4.40. The fourth-order valence-electron chi connectivity index (χ4n) is 1.88. The second-order valence-electron chi connectivity index (χ2n) is 4.75. The topological polar surface area (TPSA) is 63.3 Å². The molecule has 3 N–H and O–H groups in total. The van der Waals surface area contributed by atoms with E-state index in [9.17, 15) is 4.79 Å². The molecular weight excluding hydrogens is 306 g/mol. The first-order valence-corrected chi connectivity index (χ1v) is 7.84. The molecule has 2 aromatic carbocycles. The lowest BCUT2D eigenvalue weighted by Gasteiger charge is -2.09. The standard InChI is InChI=1S/C16H16ClNO2S/c1-10(16(19)20)12-7-5-11(6-8-12)9-21-15-13(17)3-2-4-14(15)18/h2-8,10H,9,18H2,1H3,(H,19,20). The summed E-state index contributed by atoms with van der Waals surface area (Å²) < 4.78 is 0. The van der Waals surface area contributed by atoms with Crippen molar-refractivity contribution in [3.63, 3.8) is 0 Å². The fraction of sp³-hybridized carbons (Fsp3) is 0.188. The van der Waals surface area contributed by atoms with Crippen molar-refractivity contribution in [1.82, 2.24) is 0 Å². The third kappa shape index (κ3) is 3.93. The Kier molecular flexibility index (Phi) is 5.15. The van der Waals surface area contributed by atoms with E-state index in [0.717, 1.165) is 21.8 Å². The molecule has 0 heterocycles. The second kappa shape index (κ2) is 6.87. The van der Waals surface area contributed by atoms with Crippen molar-refractivity contribution in [2.24, 2.45) is 0 Å². The molecule has 110 valence electrons. The number of carboxylic acid groups (broad SMARTS) is 1. The molecule has 0 radical (unpaired) electrons. The molecule has 0 aliphatic heterocycles. The second-order valence-corrected chi connectivity index (χ2v) is 6.14. The molecule has 1 unspecified atom stereocenters. The minimum Gasteiger partial charge on any atom is -0.481 e. The number of rotatable bonds is 5. The number of thioether (sulfide) groups is 1. The number of carbonyl (C=O) groups is 1. The Hall–Kier alpha value is -1.65. The SMILES string of the molecule is CC(C(=O)O)c1ccc(CSc2c(N)cccc2Cl)cc1. The molecule has 0 spiro atoms. The molecule has 21 heavy (non-hydrogen) atoms. The van der Waals surface area contributed by atoms with Gasteiger partial charge in [0.25, 0.3) is 0 Å². The van der Waals surface area contributed by atoms with Crippen LogP contribution in [0, 0.1) is 0 Å². The Balaban J connectivity index is 2.06. The maximum absolute atomic E-state index is 10.9. The summed E-state index contributed by atoms with van der Waals surface area (Å²) in [5.41, 5.74) is 8.48. The first-order valence-electron chi connectivity index (χ1n) is 6.47. The summed E-state index contributed by atoms with van der Waals surface area (Å²) in [6.45, 7) is 1.68. The highest BCUT2D eigenvalue weighted by Gasteiger charge is 2.13. The van der Waals surface area contributed by atoms with E-state index < -0.39 is 11.9 Å². The van der Waals surface area contributed by atoms with Crippen LogP contribution in [0.15, 0.2) is 47.4 Å². The van der Waals surface area contributed by atoms with E-state index in [1.807, 2.05) is 42.5 Å². The van der Waals surface area contributed by atoms with Crippen LogP contribution in [0.25, 0.3) is 0 Å². The lowest BCUT2D eigenvalue weighted by molar-refractivity contribution is -0.138. The molecule has 0 saturated carbocycles. The van der Waals surface area contributed by atoms with Gasteiger partial charge in [-0.3, -0.25) is 4.79 Å². The summed E-state index contributed by atoms with van der Waals surface area (Å²) in [5.74, 6) is -0.581. The van der Waals surface area contributed by atoms with Gasteiger partial charge < -0.3 is 10.8 Å². The maximum atomic E-state index is 10.9. The Morgan fingerprint density at radius 1 is 1.29 bits per heavy atom. The minimum absolute atomic E-state index is 0.495. The average molecular weight is 322 g/mol. The number of nitrogens with two attached hydrogens (primary N) is 1. The quantitative estimate of drug-likeness (QED) is 0.632. The first-order chi connectivity index (χ1) is 9.99. The van der Waals surface area contributed by atoms with Gasteiger partial charge in [-0.15, -0.1) is 11.8 Å². The number of hydrogen-bond acceptors (Lipinski definition) is 3. The largest absolute Gasteiger partial charge is 0.481 e. The summed E-state index contributed by atoms with van der Waals surface area (Å²) in [6, 6.07) is 13.0. The molecular formula is C16H16ClNO2S. The van der Waals surface area contributed by atoms with E-state index in [1.165, 1.54) is 0 Å². The number of hydrogen-bond donors (Lipinski definition) is 2. The number of halogens is 1. The van der Waals surface area contributed by atoms with Gasteiger partial charge in [-0.05, 0) is 30.2 Å². The predicted molar refractivity (Wildman–Crippen MR) is 87.9 cm³/mol. The van der Waals surface area contributed by atoms with Gasteiger partial charge in [0.15, 0.2) is 0 Å². The highest BCUT2D eigenvalue weighted by molar-refractivity contribution is 7.98. The maximum Gasteiger partial charge on any atom is 0.310 e. The van der Waals surface area contributed by atoms with E-state index >= 15 is 0 Å². The van der Waals surface area contributed by atoms with Crippen molar-refractivity contribution in [2.75, 3.05) is 5.73 Å². The summed E-state index contributed by atoms with van der Waals surface area (Å²) in [5, 5.41) is 9.63. The first kappa shape index (κ1) is 15.7. The van der Waals surface area contributed by atoms with E-state index in [2.05, 4.69) is 0 Å². The molecule has 3 nitrogen and oxygen atoms in total. The Morgan fingerprint density at radius 3 is 2.52 bits per heavy atom. The van der Waals surface area contributed by atoms with Gasteiger partial charge in [-0.1, -0.05) is 41.9 Å². The molecule has 0 amide bonds. The molecule has 0 aromatic heterocycles. The minimum atomic E-state index is -0.819. The van der Waals surface area contributed by atoms with Crippen LogP contribution in [0.1, 0.15) is 24.0 Å². The van der Waals surface area contributed by atoms with Crippen molar-refractivity contribution in [1.29, 1.82) is 0 Å². The van der Waals surface area contributed by atoms with Crippen LogP contribution in [0.2, 0.25) is 5.02 Å². The zero-order valence-corrected chi connectivity index (χ0v) is 13.1. The van der Waals surface area contributed by atoms with Crippen LogP contribution in [0.5, 0.6) is 0 Å². The van der Waals surface area contributed by atoms with Crippen molar-refractivity contribution in [3.05, 3.63) is 58.6 Å². The summed E-state index contributed by atoms with van der Waals surface area (Å²) in [4.78, 5) is 11.8. The molecule has 0 fully saturated rings. The fourth-order valence-corrected chi connectivity index (χ4v) is 3.17. The van der Waals surface area contributed by atoms with E-state index in [1.54, 1.807) is 18.7 Å². The molecule has 0 saturated heterocycles. The van der Waals surface area contributed by atoms with Gasteiger partial charge in [-0.25, -0.2) is 0 Å². The molecule has 2 aromatic rings. The van der Waals surface area contributed by atoms with Crippen LogP contribution in [-0.4, -0.2) is 11.1 Å². The number of anilines is 1. The monoisotopic (exact) mass is 321 g/mol. The van der Waals surface area contributed by atoms with Crippen molar-refractivity contribution < 1.29 is 9.90 Å². The highest BCUT2D eigenvalue weighted by Crippen LogP contribution is 2.34. The third-order valence-electron chi connectivity index (χ3n) is 3.23. The Morgan fingerprint density at radius 2 is 1.95 bits per heavy atom. The van der Waals surface area contributed by atoms with E-state index in [4.69, 9.17) is 22.4 Å². The number of aliphatic carboxylic acids is 1. The van der Waals surface area contributed by atoms with Gasteiger partial charge in [0.2, 0.25) is 0 Å². The molecule has 2 rings (SSSR count). The van der Waals surface area contributed by atoms with Gasteiger partial charge in [0, 0.05) is 16.3 Å². The normalized spacial score (nSPS) is 12.1. The number of nitrogen functional groups attached to an aromatic ring is 1. The Bertz CT molecular complexity index is 623. The lowest BCUT2D eigenvalue weighted by atomic mass is 10.0. The van der Waals surface area contributed by atoms with Crippen LogP contribution >= 0.6 is 23.4 Å². The summed E-state index contributed by atoms with van der Waals surface area (Å²) in [6.07, 6.45) is 0. The summed E-state index contributed by atoms with van der Waals surface area (Å²) >= 11 is 7.71. The molecule has 0 aliphatic rings. The molecule has 0 aliphatic carbocycles. The van der Waals surface area contributed by atoms with Crippen LogP contribution in [0.3, 0.4) is 0 Å². The van der Waals surface area contributed by atoms with Gasteiger partial charge >= 0.3 is 5.97 Å². The average Bonchev–Trinajstić information content (AvgIpc) is 2.46. The lowest BCUT2D eigenvalue weighted by Crippen LogP contribution is -2.07. The smallest absolute Gasteiger partial charge is 0.310 e. The third-order valence-corrected chi connectivity index (χ3v) is 4.88. The van der Waals surface area contributed by atoms with E-state index in [-0.39, 0.29) is 0 Å². The Labute approximate surface area is 133 Å². The molecule has 5 heteroatoms. The van der Waals surface area contributed by atoms with Crippen molar-refractivity contribution in [2.45, 2.75) is 23.5 Å². The zero-order chi connectivity index (χ0) is 15.4. The van der Waals surface area contributed by atoms with Crippen LogP contribution in [0.4, 0.5) is 5.69 Å². The summed E-state index contributed by atoms with van der Waals surface area (Å²) in [7, 11) is 0. The van der Waals surface area contributed by atoms with Crippen LogP contribution in [-0.2, 0) is 10.5 Å². The van der Waals surface area contributed by atoms with Gasteiger partial charge in [-0.2, -0.15) is 0 Å². The molecule has 0 bridgehead atoms. The van der Waals surface area contributed by atoms with Crippen LogP contribution < -0.4 is 5.73 Å². The van der Waals surface area contributed by atoms with E-state index in [0.29, 0.717) is 10.7 Å². The molecule has 1 atom stereocenters. The van der Waals surface area contributed by atoms with Crippen molar-refractivity contribution >= 4 is 35.0 Å². The van der Waals surface area contributed by atoms with Crippen molar-refractivity contribution in [3.8, 4) is 0 Å². The van der Waals surface area contributed by atoms with Gasteiger partial charge in [0.05, 0.1) is 10.9 Å². The zero-order valence-electron chi connectivity index (χ0n) is 11.5. The van der Waals surface area contributed by atoms with Gasteiger partial charge in [0.1, 0.15) is 0 Å². The number of benzene rings is 2. The number of carboxylic acids is 1. The highest BCUT2D eigenvalue weighted by atomic mass is 35.5.